The Morgan fingerprint density at radius 1 is 1.71 bits per heavy atom. The van der Waals surface area contributed by atoms with Crippen LogP contribution in [0.4, 0.5) is 0 Å². The second-order valence-corrected chi connectivity index (χ2v) is 5.42. The number of halogens is 1. The van der Waals surface area contributed by atoms with Crippen LogP contribution in [0, 0.1) is 0 Å². The van der Waals surface area contributed by atoms with E-state index in [2.05, 4.69) is 25.7 Å². The van der Waals surface area contributed by atoms with Gasteiger partial charge in [0.2, 0.25) is 0 Å². The Balaban J connectivity index is 2.18. The fourth-order valence-corrected chi connectivity index (χ4v) is 2.70. The number of thiophene rings is 1. The lowest BCUT2D eigenvalue weighted by molar-refractivity contribution is -0.140. The van der Waals surface area contributed by atoms with Gasteiger partial charge in [-0.2, -0.15) is 0 Å². The van der Waals surface area contributed by atoms with Gasteiger partial charge in [0.15, 0.2) is 0 Å². The van der Waals surface area contributed by atoms with Crippen molar-refractivity contribution in [3.63, 3.8) is 0 Å². The molecule has 17 heavy (non-hydrogen) atoms. The largest absolute Gasteiger partial charge is 0.468 e. The molecule has 0 saturated carbocycles. The maximum absolute atomic E-state index is 11.3. The third kappa shape index (κ3) is 2.76. The van der Waals surface area contributed by atoms with E-state index in [0.29, 0.717) is 6.54 Å². The minimum absolute atomic E-state index is 0.282. The van der Waals surface area contributed by atoms with Crippen LogP contribution in [0.25, 0.3) is 10.7 Å². The Labute approximate surface area is 111 Å². The van der Waals surface area contributed by atoms with Crippen molar-refractivity contribution in [1.82, 2.24) is 9.55 Å². The average molecular weight is 315 g/mol. The lowest BCUT2D eigenvalue weighted by Crippen LogP contribution is -2.21. The van der Waals surface area contributed by atoms with E-state index in [1.165, 1.54) is 7.11 Å². The Kier molecular flexibility index (Phi) is 3.96. The van der Waals surface area contributed by atoms with Gasteiger partial charge in [-0.15, -0.1) is 11.3 Å². The number of rotatable bonds is 4. The van der Waals surface area contributed by atoms with E-state index in [9.17, 15) is 4.79 Å². The third-order valence-corrected chi connectivity index (χ3v) is 3.80. The molecule has 0 amide bonds. The summed E-state index contributed by atoms with van der Waals surface area (Å²) < 4.78 is 6.61. The highest BCUT2D eigenvalue weighted by molar-refractivity contribution is 9.10. The number of hydrogen-bond donors (Lipinski definition) is 0. The van der Waals surface area contributed by atoms with E-state index >= 15 is 0 Å². The van der Waals surface area contributed by atoms with Gasteiger partial charge in [0, 0.05) is 18.9 Å². The highest BCUT2D eigenvalue weighted by atomic mass is 79.9. The fourth-order valence-electron chi connectivity index (χ4n) is 1.46. The summed E-state index contributed by atoms with van der Waals surface area (Å²) in [5, 5.41) is 2.00. The molecule has 0 aliphatic rings. The molecule has 2 heterocycles. The minimum Gasteiger partial charge on any atom is -0.468 e. The van der Waals surface area contributed by atoms with Crippen molar-refractivity contribution in [3.05, 3.63) is 29.9 Å². The summed E-state index contributed by atoms with van der Waals surface area (Å²) in [6.45, 7) is 0.500. The van der Waals surface area contributed by atoms with Gasteiger partial charge in [0.05, 0.1) is 12.0 Å². The number of alkyl halides is 1. The van der Waals surface area contributed by atoms with Gasteiger partial charge in [-0.25, -0.2) is 4.98 Å². The van der Waals surface area contributed by atoms with Gasteiger partial charge in [0.1, 0.15) is 10.7 Å². The first kappa shape index (κ1) is 12.3. The summed E-state index contributed by atoms with van der Waals surface area (Å²) in [5.74, 6) is 0.587. The Morgan fingerprint density at radius 3 is 3.18 bits per heavy atom. The predicted molar refractivity (Wildman–Crippen MR) is 70.3 cm³/mol. The minimum atomic E-state index is -0.361. The first-order chi connectivity index (χ1) is 8.22. The third-order valence-electron chi connectivity index (χ3n) is 2.27. The van der Waals surface area contributed by atoms with Crippen molar-refractivity contribution in [2.24, 2.45) is 0 Å². The van der Waals surface area contributed by atoms with Crippen LogP contribution in [0.3, 0.4) is 0 Å². The summed E-state index contributed by atoms with van der Waals surface area (Å²) in [6, 6.07) is 3.98. The first-order valence-electron chi connectivity index (χ1n) is 4.99. The molecule has 1 unspecified atom stereocenters. The van der Waals surface area contributed by atoms with Crippen molar-refractivity contribution in [2.45, 2.75) is 11.4 Å². The summed E-state index contributed by atoms with van der Waals surface area (Å²) in [7, 11) is 1.38. The molecule has 6 heteroatoms. The van der Waals surface area contributed by atoms with Crippen LogP contribution >= 0.6 is 27.3 Å². The van der Waals surface area contributed by atoms with E-state index in [4.69, 9.17) is 0 Å². The Bertz CT molecular complexity index is 495. The van der Waals surface area contributed by atoms with Crippen LogP contribution in [0.2, 0.25) is 0 Å². The standard InChI is InChI=1S/C11H11BrN2O2S/c1-16-11(15)8(12)7-14-5-4-13-10(14)9-3-2-6-17-9/h2-6,8H,7H2,1H3. The highest BCUT2D eigenvalue weighted by Crippen LogP contribution is 2.23. The lowest BCUT2D eigenvalue weighted by Gasteiger charge is -2.10. The molecule has 2 aromatic heterocycles. The molecule has 0 bridgehead atoms. The molecular weight excluding hydrogens is 304 g/mol. The van der Waals surface area contributed by atoms with Gasteiger partial charge in [0.25, 0.3) is 0 Å². The lowest BCUT2D eigenvalue weighted by atomic mass is 10.4. The van der Waals surface area contributed by atoms with E-state index in [1.807, 2.05) is 28.3 Å². The monoisotopic (exact) mass is 314 g/mol. The van der Waals surface area contributed by atoms with Crippen LogP contribution in [0.1, 0.15) is 0 Å². The number of carbonyl (C=O) groups is 1. The molecule has 2 aromatic rings. The predicted octanol–water partition coefficient (Wildman–Crippen LogP) is 2.55. The normalized spacial score (nSPS) is 12.4. The van der Waals surface area contributed by atoms with E-state index in [-0.39, 0.29) is 10.8 Å². The van der Waals surface area contributed by atoms with Crippen LogP contribution in [-0.2, 0) is 16.1 Å². The van der Waals surface area contributed by atoms with Crippen molar-refractivity contribution in [2.75, 3.05) is 7.11 Å². The average Bonchev–Trinajstić information content (AvgIpc) is 2.97. The molecule has 4 nitrogen and oxygen atoms in total. The number of nitrogens with zero attached hydrogens (tertiary/aromatic N) is 2. The van der Waals surface area contributed by atoms with Crippen molar-refractivity contribution in [1.29, 1.82) is 0 Å². The van der Waals surface area contributed by atoms with E-state index in [0.717, 1.165) is 10.7 Å². The van der Waals surface area contributed by atoms with Crippen molar-refractivity contribution < 1.29 is 9.53 Å². The first-order valence-corrected chi connectivity index (χ1v) is 6.79. The molecule has 90 valence electrons. The van der Waals surface area contributed by atoms with Crippen molar-refractivity contribution >= 4 is 33.2 Å². The van der Waals surface area contributed by atoms with Gasteiger partial charge < -0.3 is 9.30 Å². The maximum atomic E-state index is 11.3. The molecule has 0 N–H and O–H groups in total. The number of aromatic nitrogens is 2. The fraction of sp³-hybridized carbons (Fsp3) is 0.273. The summed E-state index contributed by atoms with van der Waals surface area (Å²) in [5.41, 5.74) is 0. The zero-order valence-corrected chi connectivity index (χ0v) is 11.6. The molecule has 0 aromatic carbocycles. The summed E-state index contributed by atoms with van der Waals surface area (Å²) in [6.07, 6.45) is 3.58. The molecule has 0 radical (unpaired) electrons. The Hall–Kier alpha value is -1.14. The van der Waals surface area contributed by atoms with Gasteiger partial charge in [-0.3, -0.25) is 4.79 Å². The van der Waals surface area contributed by atoms with E-state index < -0.39 is 0 Å². The van der Waals surface area contributed by atoms with Crippen LogP contribution < -0.4 is 0 Å². The second kappa shape index (κ2) is 5.46. The second-order valence-electron chi connectivity index (χ2n) is 3.37. The number of hydrogen-bond acceptors (Lipinski definition) is 4. The zero-order chi connectivity index (χ0) is 12.3. The Morgan fingerprint density at radius 2 is 2.53 bits per heavy atom. The number of imidazole rings is 1. The van der Waals surface area contributed by atoms with Gasteiger partial charge in [-0.05, 0) is 11.4 Å². The molecule has 2 rings (SSSR count). The number of carbonyl (C=O) groups excluding carboxylic acids is 1. The number of esters is 1. The molecule has 0 spiro atoms. The number of methoxy groups -OCH3 is 1. The van der Waals surface area contributed by atoms with Gasteiger partial charge in [-0.1, -0.05) is 22.0 Å². The van der Waals surface area contributed by atoms with E-state index in [1.54, 1.807) is 17.5 Å². The molecular formula is C11H11BrN2O2S. The smallest absolute Gasteiger partial charge is 0.321 e. The molecule has 0 aliphatic heterocycles. The highest BCUT2D eigenvalue weighted by Gasteiger charge is 2.17. The maximum Gasteiger partial charge on any atom is 0.321 e. The summed E-state index contributed by atoms with van der Waals surface area (Å²) in [4.78, 5) is 16.4. The van der Waals surface area contributed by atoms with Crippen LogP contribution in [0.15, 0.2) is 29.9 Å². The van der Waals surface area contributed by atoms with Crippen LogP contribution in [0.5, 0.6) is 0 Å². The molecule has 0 saturated heterocycles. The zero-order valence-electron chi connectivity index (χ0n) is 9.17. The quantitative estimate of drug-likeness (QED) is 0.643. The van der Waals surface area contributed by atoms with Crippen LogP contribution in [-0.4, -0.2) is 27.5 Å². The molecule has 0 aliphatic carbocycles. The number of ether oxygens (including phenoxy) is 1. The SMILES string of the molecule is COC(=O)C(Br)Cn1ccnc1-c1cccs1. The molecule has 1 atom stereocenters. The topological polar surface area (TPSA) is 44.1 Å². The summed E-state index contributed by atoms with van der Waals surface area (Å²) >= 11 is 4.92. The molecule has 0 fully saturated rings. The van der Waals surface area contributed by atoms with Gasteiger partial charge >= 0.3 is 5.97 Å². The van der Waals surface area contributed by atoms with Crippen molar-refractivity contribution in [3.8, 4) is 10.7 Å².